The molecule has 0 saturated carbocycles. The molecule has 2 aromatic heterocycles. The largest absolute Gasteiger partial charge is 0.497 e. The highest BCUT2D eigenvalue weighted by Gasteiger charge is 2.42. The summed E-state index contributed by atoms with van der Waals surface area (Å²) < 4.78 is 45.6. The summed E-state index contributed by atoms with van der Waals surface area (Å²) in [7, 11) is 1.54. The van der Waals surface area contributed by atoms with Gasteiger partial charge in [0.15, 0.2) is 6.04 Å². The first-order chi connectivity index (χ1) is 13.0. The quantitative estimate of drug-likeness (QED) is 0.659. The van der Waals surface area contributed by atoms with Gasteiger partial charge in [0.25, 0.3) is 0 Å². The van der Waals surface area contributed by atoms with Crippen LogP contribution in [0.15, 0.2) is 55.0 Å². The van der Waals surface area contributed by atoms with E-state index in [9.17, 15) is 13.2 Å². The summed E-state index contributed by atoms with van der Waals surface area (Å²) in [5, 5.41) is 2.54. The van der Waals surface area contributed by atoms with Gasteiger partial charge in [-0.25, -0.2) is 4.98 Å². The van der Waals surface area contributed by atoms with Gasteiger partial charge in [-0.05, 0) is 35.4 Å². The summed E-state index contributed by atoms with van der Waals surface area (Å²) in [5.74, 6) is 0.498. The van der Waals surface area contributed by atoms with E-state index < -0.39 is 12.2 Å². The van der Waals surface area contributed by atoms with Crippen LogP contribution < -0.4 is 10.1 Å². The van der Waals surface area contributed by atoms with Crippen molar-refractivity contribution in [3.8, 4) is 5.75 Å². The molecule has 27 heavy (non-hydrogen) atoms. The molecular formula is C19H19F3N4O. The van der Waals surface area contributed by atoms with Gasteiger partial charge >= 0.3 is 6.18 Å². The van der Waals surface area contributed by atoms with Crippen molar-refractivity contribution < 1.29 is 17.9 Å². The molecule has 2 heterocycles. The molecule has 8 heteroatoms. The lowest BCUT2D eigenvalue weighted by atomic mass is 10.1. The third-order valence-corrected chi connectivity index (χ3v) is 4.06. The van der Waals surface area contributed by atoms with Crippen LogP contribution in [0.3, 0.4) is 0 Å². The summed E-state index contributed by atoms with van der Waals surface area (Å²) >= 11 is 0. The second-order valence-corrected chi connectivity index (χ2v) is 6.03. The third kappa shape index (κ3) is 5.07. The number of nitrogens with one attached hydrogen (secondary N) is 2. The maximum atomic E-state index is 13.5. The van der Waals surface area contributed by atoms with Gasteiger partial charge in [0, 0.05) is 37.3 Å². The standard InChI is InChI=1S/C19H19F3N4O/c1-27-16-4-2-14(3-5-16)11-24-17(19(20,21)22)18-25-12-15(26-18)10-13-6-8-23-9-7-13/h2-9,12,17,24H,10-11H2,1H3,(H,25,26)/t17-/m1/s1. The number of H-pyrrole nitrogens is 1. The number of nitrogens with zero attached hydrogens (tertiary/aromatic N) is 2. The van der Waals surface area contributed by atoms with Crippen molar-refractivity contribution in [1.29, 1.82) is 0 Å². The number of rotatable bonds is 7. The lowest BCUT2D eigenvalue weighted by molar-refractivity contribution is -0.159. The lowest BCUT2D eigenvalue weighted by Crippen LogP contribution is -2.34. The van der Waals surface area contributed by atoms with Gasteiger partial charge in [0.1, 0.15) is 11.6 Å². The van der Waals surface area contributed by atoms with Crippen molar-refractivity contribution in [3.05, 3.63) is 77.6 Å². The Morgan fingerprint density at radius 3 is 2.41 bits per heavy atom. The summed E-state index contributed by atoms with van der Waals surface area (Å²) in [4.78, 5) is 10.7. The van der Waals surface area contributed by atoms with E-state index in [0.717, 1.165) is 5.56 Å². The Labute approximate surface area is 154 Å². The van der Waals surface area contributed by atoms with Crippen LogP contribution in [0.25, 0.3) is 0 Å². The van der Waals surface area contributed by atoms with Crippen molar-refractivity contribution >= 4 is 0 Å². The molecule has 3 aromatic rings. The number of imidazole rings is 1. The summed E-state index contributed by atoms with van der Waals surface area (Å²) in [5.41, 5.74) is 2.26. The molecule has 0 bridgehead atoms. The highest BCUT2D eigenvalue weighted by Crippen LogP contribution is 2.31. The molecule has 0 saturated heterocycles. The molecule has 142 valence electrons. The number of hydrogen-bond acceptors (Lipinski definition) is 4. The average molecular weight is 376 g/mol. The van der Waals surface area contributed by atoms with Gasteiger partial charge in [0.2, 0.25) is 0 Å². The fourth-order valence-corrected chi connectivity index (χ4v) is 2.66. The summed E-state index contributed by atoms with van der Waals surface area (Å²) in [6.45, 7) is 0.0502. The molecule has 0 aliphatic heterocycles. The van der Waals surface area contributed by atoms with Gasteiger partial charge in [-0.1, -0.05) is 12.1 Å². The summed E-state index contributed by atoms with van der Waals surface area (Å²) in [6.07, 6.45) is 0.698. The minimum absolute atomic E-state index is 0.0502. The van der Waals surface area contributed by atoms with Gasteiger partial charge in [-0.15, -0.1) is 0 Å². The van der Waals surface area contributed by atoms with E-state index in [1.165, 1.54) is 13.3 Å². The lowest BCUT2D eigenvalue weighted by Gasteiger charge is -2.20. The average Bonchev–Trinajstić information content (AvgIpc) is 3.10. The van der Waals surface area contributed by atoms with E-state index in [0.29, 0.717) is 23.4 Å². The van der Waals surface area contributed by atoms with Crippen molar-refractivity contribution in [2.45, 2.75) is 25.2 Å². The van der Waals surface area contributed by atoms with Crippen LogP contribution in [0, 0.1) is 0 Å². The number of benzene rings is 1. The Morgan fingerprint density at radius 1 is 1.07 bits per heavy atom. The molecule has 0 aliphatic carbocycles. The molecule has 0 aliphatic rings. The number of halogens is 3. The van der Waals surface area contributed by atoms with Crippen LogP contribution >= 0.6 is 0 Å². The minimum Gasteiger partial charge on any atom is -0.497 e. The van der Waals surface area contributed by atoms with E-state index in [2.05, 4.69) is 20.3 Å². The minimum atomic E-state index is -4.47. The Bertz CT molecular complexity index is 847. The molecule has 0 fully saturated rings. The smallest absolute Gasteiger partial charge is 0.410 e. The topological polar surface area (TPSA) is 62.8 Å². The van der Waals surface area contributed by atoms with Crippen LogP contribution in [0.5, 0.6) is 5.75 Å². The number of ether oxygens (including phenoxy) is 1. The Hall–Kier alpha value is -2.87. The van der Waals surface area contributed by atoms with E-state index in [-0.39, 0.29) is 12.4 Å². The maximum Gasteiger partial charge on any atom is 0.410 e. The zero-order valence-electron chi connectivity index (χ0n) is 14.6. The first kappa shape index (κ1) is 18.9. The number of methoxy groups -OCH3 is 1. The van der Waals surface area contributed by atoms with Crippen molar-refractivity contribution in [1.82, 2.24) is 20.3 Å². The molecule has 0 amide bonds. The Balaban J connectivity index is 1.71. The first-order valence-electron chi connectivity index (χ1n) is 8.31. The fourth-order valence-electron chi connectivity index (χ4n) is 2.66. The SMILES string of the molecule is COc1ccc(CN[C@H](c2ncc(Cc3ccncc3)[nH]2)C(F)(F)F)cc1. The fraction of sp³-hybridized carbons (Fsp3) is 0.263. The maximum absolute atomic E-state index is 13.5. The third-order valence-electron chi connectivity index (χ3n) is 4.06. The zero-order valence-corrected chi connectivity index (χ0v) is 14.6. The molecule has 1 atom stereocenters. The van der Waals surface area contributed by atoms with Gasteiger partial charge in [-0.2, -0.15) is 13.2 Å². The highest BCUT2D eigenvalue weighted by atomic mass is 19.4. The van der Waals surface area contributed by atoms with E-state index in [1.807, 2.05) is 12.1 Å². The van der Waals surface area contributed by atoms with Crippen LogP contribution in [0.2, 0.25) is 0 Å². The van der Waals surface area contributed by atoms with Crippen molar-refractivity contribution in [3.63, 3.8) is 0 Å². The normalized spacial score (nSPS) is 12.7. The number of aromatic amines is 1. The number of pyridine rings is 1. The van der Waals surface area contributed by atoms with Gasteiger partial charge in [0.05, 0.1) is 7.11 Å². The first-order valence-corrected chi connectivity index (χ1v) is 8.31. The number of alkyl halides is 3. The number of aromatic nitrogens is 3. The van der Waals surface area contributed by atoms with Crippen molar-refractivity contribution in [2.24, 2.45) is 0 Å². The molecule has 5 nitrogen and oxygen atoms in total. The van der Waals surface area contributed by atoms with E-state index >= 15 is 0 Å². The Kier molecular flexibility index (Phi) is 5.75. The van der Waals surface area contributed by atoms with Gasteiger partial charge in [-0.3, -0.25) is 10.3 Å². The zero-order chi connectivity index (χ0) is 19.3. The van der Waals surface area contributed by atoms with E-state index in [4.69, 9.17) is 4.74 Å². The molecule has 1 aromatic carbocycles. The van der Waals surface area contributed by atoms with Crippen LogP contribution in [-0.4, -0.2) is 28.2 Å². The molecule has 0 radical (unpaired) electrons. The Morgan fingerprint density at radius 2 is 1.78 bits per heavy atom. The molecule has 2 N–H and O–H groups in total. The van der Waals surface area contributed by atoms with Crippen LogP contribution in [0.1, 0.15) is 28.7 Å². The molecule has 0 unspecified atom stereocenters. The number of hydrogen-bond donors (Lipinski definition) is 2. The monoisotopic (exact) mass is 376 g/mol. The summed E-state index contributed by atoms with van der Waals surface area (Å²) in [6, 6.07) is 8.59. The second kappa shape index (κ2) is 8.22. The molecule has 3 rings (SSSR count). The highest BCUT2D eigenvalue weighted by molar-refractivity contribution is 5.27. The van der Waals surface area contributed by atoms with Gasteiger partial charge < -0.3 is 9.72 Å². The van der Waals surface area contributed by atoms with Crippen LogP contribution in [-0.2, 0) is 13.0 Å². The molecule has 0 spiro atoms. The predicted molar refractivity (Wildman–Crippen MR) is 94.3 cm³/mol. The van der Waals surface area contributed by atoms with Crippen molar-refractivity contribution in [2.75, 3.05) is 7.11 Å². The predicted octanol–water partition coefficient (Wildman–Crippen LogP) is 3.80. The van der Waals surface area contributed by atoms with E-state index in [1.54, 1.807) is 36.7 Å². The molecular weight excluding hydrogens is 357 g/mol. The second-order valence-electron chi connectivity index (χ2n) is 6.03. The van der Waals surface area contributed by atoms with Crippen LogP contribution in [0.4, 0.5) is 13.2 Å².